The van der Waals surface area contributed by atoms with Crippen LogP contribution in [0.1, 0.15) is 17.7 Å². The van der Waals surface area contributed by atoms with Crippen LogP contribution in [-0.4, -0.2) is 13.4 Å². The molecular formula is C7H4ClF2N3O2S. The first kappa shape index (κ1) is 12.8. The molecule has 1 rings (SSSR count). The van der Waals surface area contributed by atoms with Crippen molar-refractivity contribution < 1.29 is 17.2 Å². The van der Waals surface area contributed by atoms with E-state index in [1.165, 1.54) is 6.07 Å². The second kappa shape index (κ2) is 4.29. The third-order valence-electron chi connectivity index (χ3n) is 1.62. The molecule has 0 aliphatic carbocycles. The van der Waals surface area contributed by atoms with Crippen molar-refractivity contribution in [3.63, 3.8) is 0 Å². The Labute approximate surface area is 94.5 Å². The van der Waals surface area contributed by atoms with Gasteiger partial charge < -0.3 is 0 Å². The number of sulfonamides is 1. The van der Waals surface area contributed by atoms with Crippen LogP contribution in [0.4, 0.5) is 8.78 Å². The Hall–Kier alpha value is -1.30. The molecule has 0 bridgehead atoms. The van der Waals surface area contributed by atoms with Crippen molar-refractivity contribution in [3.05, 3.63) is 22.5 Å². The van der Waals surface area contributed by atoms with E-state index in [4.69, 9.17) is 22.0 Å². The van der Waals surface area contributed by atoms with Gasteiger partial charge in [-0.2, -0.15) is 5.26 Å². The molecule has 1 aromatic heterocycles. The molecule has 1 heterocycles. The molecule has 9 heteroatoms. The number of hydrogen-bond donors (Lipinski definition) is 1. The quantitative estimate of drug-likeness (QED) is 0.814. The zero-order chi connectivity index (χ0) is 12.5. The van der Waals surface area contributed by atoms with Crippen LogP contribution in [0.15, 0.2) is 11.0 Å². The summed E-state index contributed by atoms with van der Waals surface area (Å²) in [6.07, 6.45) is -3.01. The van der Waals surface area contributed by atoms with E-state index < -0.39 is 37.8 Å². The molecule has 0 atom stereocenters. The van der Waals surface area contributed by atoms with Gasteiger partial charge in [-0.3, -0.25) is 0 Å². The molecule has 0 amide bonds. The van der Waals surface area contributed by atoms with Crippen LogP contribution in [0.3, 0.4) is 0 Å². The molecule has 1 aromatic rings. The van der Waals surface area contributed by atoms with Crippen LogP contribution in [0.5, 0.6) is 0 Å². The minimum Gasteiger partial charge on any atom is -0.225 e. The number of pyridine rings is 1. The summed E-state index contributed by atoms with van der Waals surface area (Å²) in [5.74, 6) is 0. The van der Waals surface area contributed by atoms with Crippen LogP contribution in [0.25, 0.3) is 0 Å². The normalized spacial score (nSPS) is 11.5. The van der Waals surface area contributed by atoms with E-state index in [0.717, 1.165) is 0 Å². The maximum atomic E-state index is 12.4. The number of nitrogens with two attached hydrogens (primary N) is 1. The average Bonchev–Trinajstić information content (AvgIpc) is 2.14. The number of alkyl halides is 2. The van der Waals surface area contributed by atoms with Gasteiger partial charge in [0.1, 0.15) is 16.1 Å². The molecule has 2 N–H and O–H groups in total. The third-order valence-corrected chi connectivity index (χ3v) is 2.84. The zero-order valence-corrected chi connectivity index (χ0v) is 9.06. The van der Waals surface area contributed by atoms with Crippen LogP contribution >= 0.6 is 11.6 Å². The van der Waals surface area contributed by atoms with Crippen LogP contribution in [0, 0.1) is 11.3 Å². The molecule has 0 fully saturated rings. The van der Waals surface area contributed by atoms with Gasteiger partial charge in [0.05, 0.1) is 5.56 Å². The number of aromatic nitrogens is 1. The predicted octanol–water partition coefficient (Wildman–Crippen LogP) is 1.19. The van der Waals surface area contributed by atoms with Crippen LogP contribution < -0.4 is 5.14 Å². The Morgan fingerprint density at radius 3 is 2.50 bits per heavy atom. The Bertz CT molecular complexity index is 568. The molecule has 0 saturated carbocycles. The van der Waals surface area contributed by atoms with Gasteiger partial charge in [0.25, 0.3) is 6.43 Å². The average molecular weight is 268 g/mol. The van der Waals surface area contributed by atoms with Crippen molar-refractivity contribution >= 4 is 21.6 Å². The Balaban J connectivity index is 3.62. The lowest BCUT2D eigenvalue weighted by Crippen LogP contribution is -2.15. The van der Waals surface area contributed by atoms with Crippen molar-refractivity contribution in [2.45, 2.75) is 11.3 Å². The SMILES string of the molecule is N#Cc1nc(Cl)c(C(F)F)cc1S(N)(=O)=O. The van der Waals surface area contributed by atoms with E-state index in [0.29, 0.717) is 6.07 Å². The first-order valence-electron chi connectivity index (χ1n) is 3.69. The lowest BCUT2D eigenvalue weighted by Gasteiger charge is -2.06. The molecule has 0 saturated heterocycles. The zero-order valence-electron chi connectivity index (χ0n) is 7.49. The van der Waals surface area contributed by atoms with Crippen LogP contribution in [0.2, 0.25) is 5.15 Å². The molecule has 0 spiro atoms. The molecule has 0 aliphatic rings. The minimum atomic E-state index is -4.30. The van der Waals surface area contributed by atoms with E-state index in [1.54, 1.807) is 0 Å². The fourth-order valence-corrected chi connectivity index (χ4v) is 1.81. The fourth-order valence-electron chi connectivity index (χ4n) is 0.937. The maximum Gasteiger partial charge on any atom is 0.266 e. The number of primary sulfonamides is 1. The molecule has 0 aliphatic heterocycles. The van der Waals surface area contributed by atoms with Gasteiger partial charge in [0.15, 0.2) is 5.69 Å². The monoisotopic (exact) mass is 267 g/mol. The third kappa shape index (κ3) is 2.44. The summed E-state index contributed by atoms with van der Waals surface area (Å²) in [4.78, 5) is 2.48. The number of hydrogen-bond acceptors (Lipinski definition) is 4. The first-order valence-corrected chi connectivity index (χ1v) is 5.61. The lowest BCUT2D eigenvalue weighted by atomic mass is 10.2. The van der Waals surface area contributed by atoms with Gasteiger partial charge >= 0.3 is 0 Å². The largest absolute Gasteiger partial charge is 0.266 e. The van der Waals surface area contributed by atoms with Gasteiger partial charge in [-0.15, -0.1) is 0 Å². The number of rotatable bonds is 2. The molecule has 0 aromatic carbocycles. The first-order chi connectivity index (χ1) is 7.27. The summed E-state index contributed by atoms with van der Waals surface area (Å²) in [7, 11) is -4.30. The Morgan fingerprint density at radius 2 is 2.12 bits per heavy atom. The second-order valence-electron chi connectivity index (χ2n) is 2.67. The van der Waals surface area contributed by atoms with Crippen molar-refractivity contribution in [1.82, 2.24) is 4.98 Å². The van der Waals surface area contributed by atoms with Crippen molar-refractivity contribution in [3.8, 4) is 6.07 Å². The number of nitrogens with zero attached hydrogens (tertiary/aromatic N) is 2. The fraction of sp³-hybridized carbons (Fsp3) is 0.143. The summed E-state index contributed by atoms with van der Waals surface area (Å²) in [5.41, 5.74) is -1.40. The summed E-state index contributed by atoms with van der Waals surface area (Å²) < 4.78 is 46.8. The van der Waals surface area contributed by atoms with E-state index in [-0.39, 0.29) is 0 Å². The summed E-state index contributed by atoms with van der Waals surface area (Å²) in [6, 6.07) is 1.96. The number of halogens is 3. The summed E-state index contributed by atoms with van der Waals surface area (Å²) >= 11 is 5.35. The topological polar surface area (TPSA) is 96.8 Å². The van der Waals surface area contributed by atoms with Crippen molar-refractivity contribution in [2.75, 3.05) is 0 Å². The van der Waals surface area contributed by atoms with E-state index in [1.807, 2.05) is 0 Å². The predicted molar refractivity (Wildman–Crippen MR) is 50.3 cm³/mol. The van der Waals surface area contributed by atoms with E-state index in [2.05, 4.69) is 4.98 Å². The van der Waals surface area contributed by atoms with E-state index >= 15 is 0 Å². The molecule has 0 unspecified atom stereocenters. The van der Waals surface area contributed by atoms with Crippen molar-refractivity contribution in [2.24, 2.45) is 5.14 Å². The standard InChI is InChI=1S/C7H4ClF2N3O2S/c8-6-3(7(9)10)1-5(16(12,14)15)4(2-11)13-6/h1,7H,(H2,12,14,15). The Morgan fingerprint density at radius 1 is 1.56 bits per heavy atom. The van der Waals surface area contributed by atoms with Gasteiger partial charge in [0.2, 0.25) is 10.0 Å². The molecule has 16 heavy (non-hydrogen) atoms. The smallest absolute Gasteiger partial charge is 0.225 e. The molecular weight excluding hydrogens is 264 g/mol. The van der Waals surface area contributed by atoms with Gasteiger partial charge in [-0.05, 0) is 6.07 Å². The highest BCUT2D eigenvalue weighted by Crippen LogP contribution is 2.28. The van der Waals surface area contributed by atoms with E-state index in [9.17, 15) is 17.2 Å². The lowest BCUT2D eigenvalue weighted by molar-refractivity contribution is 0.151. The highest BCUT2D eigenvalue weighted by molar-refractivity contribution is 7.89. The summed E-state index contributed by atoms with van der Waals surface area (Å²) in [5, 5.41) is 12.7. The summed E-state index contributed by atoms with van der Waals surface area (Å²) in [6.45, 7) is 0. The molecule has 0 radical (unpaired) electrons. The van der Waals surface area contributed by atoms with Gasteiger partial charge in [-0.1, -0.05) is 11.6 Å². The minimum absolute atomic E-state index is 0.549. The van der Waals surface area contributed by atoms with Gasteiger partial charge in [0, 0.05) is 0 Å². The maximum absolute atomic E-state index is 12.4. The number of nitriles is 1. The highest BCUT2D eigenvalue weighted by Gasteiger charge is 2.22. The highest BCUT2D eigenvalue weighted by atomic mass is 35.5. The molecule has 5 nitrogen and oxygen atoms in total. The second-order valence-corrected chi connectivity index (χ2v) is 4.56. The van der Waals surface area contributed by atoms with Gasteiger partial charge in [-0.25, -0.2) is 27.3 Å². The van der Waals surface area contributed by atoms with Crippen molar-refractivity contribution in [1.29, 1.82) is 5.26 Å². The molecule has 86 valence electrons. The van der Waals surface area contributed by atoms with Crippen LogP contribution in [-0.2, 0) is 10.0 Å². The Kier molecular flexibility index (Phi) is 3.42.